The molecule has 0 heterocycles. The highest BCUT2D eigenvalue weighted by atomic mass is 16.4. The summed E-state index contributed by atoms with van der Waals surface area (Å²) in [5.74, 6) is -0.930. The molecular weight excluding hydrogens is 242 g/mol. The lowest BCUT2D eigenvalue weighted by molar-refractivity contribution is -0.140. The second-order valence-electron chi connectivity index (χ2n) is 7.64. The molecule has 3 aliphatic rings. The summed E-state index contributed by atoms with van der Waals surface area (Å²) in [5, 5.41) is 12.1. The molecule has 0 aromatic carbocycles. The van der Waals surface area contributed by atoms with E-state index in [1.165, 1.54) is 19.3 Å². The van der Waals surface area contributed by atoms with E-state index in [1.54, 1.807) is 0 Å². The molecule has 3 aliphatic carbocycles. The van der Waals surface area contributed by atoms with Crippen molar-refractivity contribution in [3.05, 3.63) is 0 Å². The van der Waals surface area contributed by atoms with Crippen molar-refractivity contribution in [3.63, 3.8) is 0 Å². The fraction of sp³-hybridized carbons (Fsp3) is 0.867. The highest BCUT2D eigenvalue weighted by molar-refractivity contribution is 5.89. The molecule has 0 aromatic heterocycles. The first kappa shape index (κ1) is 12.9. The maximum absolute atomic E-state index is 12.2. The van der Waals surface area contributed by atoms with Crippen LogP contribution >= 0.6 is 0 Å². The smallest absolute Gasteiger partial charge is 0.307 e. The Kier molecular flexibility index (Phi) is 2.55. The lowest BCUT2D eigenvalue weighted by atomic mass is 9.68. The van der Waals surface area contributed by atoms with Gasteiger partial charge in [-0.3, -0.25) is 9.59 Å². The Morgan fingerprint density at radius 3 is 2.37 bits per heavy atom. The van der Waals surface area contributed by atoms with Crippen molar-refractivity contribution in [3.8, 4) is 0 Å². The minimum atomic E-state index is -0.835. The van der Waals surface area contributed by atoms with Gasteiger partial charge >= 0.3 is 5.97 Å². The van der Waals surface area contributed by atoms with Gasteiger partial charge in [0.25, 0.3) is 0 Å². The molecule has 0 spiro atoms. The second-order valence-corrected chi connectivity index (χ2v) is 7.64. The van der Waals surface area contributed by atoms with Crippen LogP contribution in [0.5, 0.6) is 0 Å². The van der Waals surface area contributed by atoms with Crippen LogP contribution in [0.3, 0.4) is 0 Å². The number of amides is 1. The predicted molar refractivity (Wildman–Crippen MR) is 70.4 cm³/mol. The zero-order chi connectivity index (χ0) is 14.0. The normalized spacial score (nSPS) is 46.1. The van der Waals surface area contributed by atoms with Gasteiger partial charge in [0.2, 0.25) is 5.91 Å². The van der Waals surface area contributed by atoms with Gasteiger partial charge in [0.15, 0.2) is 0 Å². The molecule has 106 valence electrons. The quantitative estimate of drug-likeness (QED) is 0.820. The lowest BCUT2D eigenvalue weighted by Crippen LogP contribution is -2.52. The first-order valence-corrected chi connectivity index (χ1v) is 7.29. The molecule has 19 heavy (non-hydrogen) atoms. The van der Waals surface area contributed by atoms with E-state index in [1.807, 2.05) is 0 Å². The first-order valence-electron chi connectivity index (χ1n) is 7.29. The minimum absolute atomic E-state index is 0.0424. The van der Waals surface area contributed by atoms with Gasteiger partial charge in [-0.25, -0.2) is 0 Å². The molecule has 3 rings (SSSR count). The number of carboxylic acid groups (broad SMARTS) is 1. The number of carboxylic acids is 1. The Hall–Kier alpha value is -1.06. The highest BCUT2D eigenvalue weighted by Gasteiger charge is 2.60. The molecule has 3 saturated carbocycles. The first-order chi connectivity index (χ1) is 8.75. The van der Waals surface area contributed by atoms with Crippen LogP contribution in [0.2, 0.25) is 0 Å². The van der Waals surface area contributed by atoms with E-state index < -0.39 is 11.9 Å². The van der Waals surface area contributed by atoms with Crippen LogP contribution in [0.4, 0.5) is 0 Å². The summed E-state index contributed by atoms with van der Waals surface area (Å²) < 4.78 is 0. The summed E-state index contributed by atoms with van der Waals surface area (Å²) in [7, 11) is 0. The number of carbonyl (C=O) groups is 2. The fourth-order valence-corrected chi connectivity index (χ4v) is 4.67. The Balaban J connectivity index is 1.70. The van der Waals surface area contributed by atoms with Crippen molar-refractivity contribution in [1.82, 2.24) is 5.32 Å². The third-order valence-corrected chi connectivity index (χ3v) is 6.00. The zero-order valence-corrected chi connectivity index (χ0v) is 11.9. The molecule has 0 radical (unpaired) electrons. The van der Waals surface area contributed by atoms with Gasteiger partial charge in [0.05, 0.1) is 11.8 Å². The fourth-order valence-electron chi connectivity index (χ4n) is 4.67. The van der Waals surface area contributed by atoms with Crippen molar-refractivity contribution in [2.75, 3.05) is 0 Å². The van der Waals surface area contributed by atoms with Crippen molar-refractivity contribution in [2.45, 2.75) is 52.5 Å². The third kappa shape index (κ3) is 1.79. The number of hydrogen-bond donors (Lipinski definition) is 2. The van der Waals surface area contributed by atoms with Crippen molar-refractivity contribution >= 4 is 11.9 Å². The standard InChI is InChI=1S/C15H23NO3/c1-14(2)8-4-5-15(3,7-8)13(14)16-11(17)9-6-10(9)12(18)19/h8-10,13H,4-7H2,1-3H3,(H,16,17)(H,18,19)/t8?,9-,10+,13?,15?/m1/s1. The average Bonchev–Trinajstić information content (AvgIpc) is 2.98. The molecule has 0 saturated heterocycles. The van der Waals surface area contributed by atoms with E-state index in [4.69, 9.17) is 5.11 Å². The molecule has 3 unspecified atom stereocenters. The van der Waals surface area contributed by atoms with Crippen LogP contribution in [0.15, 0.2) is 0 Å². The predicted octanol–water partition coefficient (Wildman–Crippen LogP) is 2.04. The van der Waals surface area contributed by atoms with Gasteiger partial charge in [-0.15, -0.1) is 0 Å². The molecule has 0 aliphatic heterocycles. The Bertz CT molecular complexity index is 440. The number of fused-ring (bicyclic) bond motifs is 2. The number of rotatable bonds is 3. The number of aliphatic carboxylic acids is 1. The molecule has 2 bridgehead atoms. The van der Waals surface area contributed by atoms with Gasteiger partial charge in [-0.05, 0) is 42.4 Å². The van der Waals surface area contributed by atoms with E-state index in [9.17, 15) is 9.59 Å². The maximum Gasteiger partial charge on any atom is 0.307 e. The molecular formula is C15H23NO3. The van der Waals surface area contributed by atoms with Crippen LogP contribution in [0, 0.1) is 28.6 Å². The zero-order valence-electron chi connectivity index (χ0n) is 11.9. The highest BCUT2D eigenvalue weighted by Crippen LogP contribution is 2.62. The van der Waals surface area contributed by atoms with E-state index >= 15 is 0 Å². The molecule has 4 heteroatoms. The van der Waals surface area contributed by atoms with Gasteiger partial charge < -0.3 is 10.4 Å². The lowest BCUT2D eigenvalue weighted by Gasteiger charge is -2.43. The third-order valence-electron chi connectivity index (χ3n) is 6.00. The van der Waals surface area contributed by atoms with E-state index in [2.05, 4.69) is 26.1 Å². The SMILES string of the molecule is CC12CCC(C1)C(C)(C)C2NC(=O)[C@@H]1C[C@@H]1C(=O)O. The van der Waals surface area contributed by atoms with Crippen molar-refractivity contribution in [2.24, 2.45) is 28.6 Å². The van der Waals surface area contributed by atoms with Crippen LogP contribution in [0.1, 0.15) is 46.5 Å². The Labute approximate surface area is 113 Å². The van der Waals surface area contributed by atoms with Crippen LogP contribution < -0.4 is 5.32 Å². The maximum atomic E-state index is 12.2. The van der Waals surface area contributed by atoms with E-state index in [-0.39, 0.29) is 28.7 Å². The van der Waals surface area contributed by atoms with Gasteiger partial charge in [-0.1, -0.05) is 20.8 Å². The summed E-state index contributed by atoms with van der Waals surface area (Å²) in [6.45, 7) is 6.76. The topological polar surface area (TPSA) is 66.4 Å². The second kappa shape index (κ2) is 3.74. The average molecular weight is 265 g/mol. The molecule has 4 nitrogen and oxygen atoms in total. The molecule has 3 fully saturated rings. The minimum Gasteiger partial charge on any atom is -0.481 e. The molecule has 1 amide bonds. The van der Waals surface area contributed by atoms with Crippen LogP contribution in [-0.2, 0) is 9.59 Å². The summed E-state index contributed by atoms with van der Waals surface area (Å²) in [5.41, 5.74) is 0.341. The largest absolute Gasteiger partial charge is 0.481 e. The Morgan fingerprint density at radius 2 is 1.89 bits per heavy atom. The summed E-state index contributed by atoms with van der Waals surface area (Å²) in [6, 6.07) is 0.196. The Morgan fingerprint density at radius 1 is 1.21 bits per heavy atom. The van der Waals surface area contributed by atoms with Gasteiger partial charge in [-0.2, -0.15) is 0 Å². The van der Waals surface area contributed by atoms with Gasteiger partial charge in [0, 0.05) is 6.04 Å². The molecule has 2 N–H and O–H groups in total. The van der Waals surface area contributed by atoms with Crippen LogP contribution in [-0.4, -0.2) is 23.0 Å². The molecule has 0 aromatic rings. The summed E-state index contributed by atoms with van der Waals surface area (Å²) >= 11 is 0. The van der Waals surface area contributed by atoms with E-state index in [0.29, 0.717) is 12.3 Å². The van der Waals surface area contributed by atoms with E-state index in [0.717, 1.165) is 0 Å². The number of carbonyl (C=O) groups excluding carboxylic acids is 1. The monoisotopic (exact) mass is 265 g/mol. The summed E-state index contributed by atoms with van der Waals surface area (Å²) in [4.78, 5) is 23.1. The van der Waals surface area contributed by atoms with Crippen molar-refractivity contribution < 1.29 is 14.7 Å². The number of hydrogen-bond acceptors (Lipinski definition) is 2. The van der Waals surface area contributed by atoms with Crippen molar-refractivity contribution in [1.29, 1.82) is 0 Å². The van der Waals surface area contributed by atoms with Gasteiger partial charge in [0.1, 0.15) is 0 Å². The molecule has 5 atom stereocenters. The van der Waals surface area contributed by atoms with Crippen LogP contribution in [0.25, 0.3) is 0 Å². The number of nitrogens with one attached hydrogen (secondary N) is 1. The summed E-state index contributed by atoms with van der Waals surface area (Å²) in [6.07, 6.45) is 4.14.